The maximum absolute atomic E-state index is 12.1. The van der Waals surface area contributed by atoms with Crippen LogP contribution in [-0.4, -0.2) is 37.0 Å². The highest BCUT2D eigenvalue weighted by Crippen LogP contribution is 2.14. The summed E-state index contributed by atoms with van der Waals surface area (Å²) in [5.41, 5.74) is 2.56. The fourth-order valence-electron chi connectivity index (χ4n) is 3.38. The molecule has 4 heteroatoms. The molecule has 22 heavy (non-hydrogen) atoms. The third-order valence-electron chi connectivity index (χ3n) is 4.80. The van der Waals surface area contributed by atoms with E-state index in [0.717, 1.165) is 32.5 Å². The average Bonchev–Trinajstić information content (AvgIpc) is 3.08. The van der Waals surface area contributed by atoms with Crippen LogP contribution >= 0.6 is 0 Å². The second kappa shape index (κ2) is 7.75. The third kappa shape index (κ3) is 4.31. The fraction of sp³-hybridized carbons (Fsp3) is 0.611. The fourth-order valence-corrected chi connectivity index (χ4v) is 3.38. The number of hydrogen-bond acceptors (Lipinski definition) is 3. The number of carbonyl (C=O) groups excluding carboxylic acids is 1. The zero-order chi connectivity index (χ0) is 15.2. The van der Waals surface area contributed by atoms with Gasteiger partial charge in [-0.15, -0.1) is 0 Å². The molecule has 0 saturated carbocycles. The summed E-state index contributed by atoms with van der Waals surface area (Å²) < 4.78 is 0. The van der Waals surface area contributed by atoms with Crippen molar-refractivity contribution in [3.63, 3.8) is 0 Å². The molecule has 3 rings (SSSR count). The van der Waals surface area contributed by atoms with Crippen LogP contribution in [0.5, 0.6) is 0 Å². The molecule has 120 valence electrons. The van der Waals surface area contributed by atoms with Crippen LogP contribution in [0.15, 0.2) is 24.3 Å². The van der Waals surface area contributed by atoms with Gasteiger partial charge in [0.2, 0.25) is 5.91 Å². The van der Waals surface area contributed by atoms with Crippen LogP contribution in [0.4, 0.5) is 0 Å². The summed E-state index contributed by atoms with van der Waals surface area (Å²) in [6, 6.07) is 8.69. The van der Waals surface area contributed by atoms with E-state index in [1.807, 2.05) is 0 Å². The van der Waals surface area contributed by atoms with Gasteiger partial charge in [-0.25, -0.2) is 0 Å². The quantitative estimate of drug-likeness (QED) is 0.873. The van der Waals surface area contributed by atoms with E-state index in [9.17, 15) is 4.79 Å². The maximum atomic E-state index is 12.1. The minimum Gasteiger partial charge on any atom is -0.352 e. The molecule has 0 bridgehead atoms. The van der Waals surface area contributed by atoms with E-state index in [0.29, 0.717) is 6.54 Å². The van der Waals surface area contributed by atoms with Gasteiger partial charge in [0, 0.05) is 19.0 Å². The van der Waals surface area contributed by atoms with Crippen molar-refractivity contribution in [2.24, 2.45) is 5.92 Å². The summed E-state index contributed by atoms with van der Waals surface area (Å²) in [4.78, 5) is 14.6. The van der Waals surface area contributed by atoms with Crippen LogP contribution in [-0.2, 0) is 17.9 Å². The second-order valence-electron chi connectivity index (χ2n) is 6.54. The van der Waals surface area contributed by atoms with Crippen molar-refractivity contribution in [2.75, 3.05) is 26.2 Å². The van der Waals surface area contributed by atoms with Crippen LogP contribution in [0.25, 0.3) is 0 Å². The number of benzene rings is 1. The van der Waals surface area contributed by atoms with E-state index in [-0.39, 0.29) is 11.8 Å². The minimum atomic E-state index is 0.190. The number of piperidine rings is 1. The zero-order valence-electron chi connectivity index (χ0n) is 13.3. The number of carbonyl (C=O) groups is 1. The lowest BCUT2D eigenvalue weighted by Crippen LogP contribution is -2.37. The topological polar surface area (TPSA) is 44.4 Å². The lowest BCUT2D eigenvalue weighted by Gasteiger charge is -2.21. The molecule has 2 fully saturated rings. The molecule has 1 amide bonds. The predicted octanol–water partition coefficient (Wildman–Crippen LogP) is 1.90. The van der Waals surface area contributed by atoms with Crippen LogP contribution in [0.1, 0.15) is 36.8 Å². The lowest BCUT2D eigenvalue weighted by atomic mass is 9.97. The Labute approximate surface area is 133 Å². The van der Waals surface area contributed by atoms with Crippen molar-refractivity contribution < 1.29 is 4.79 Å². The van der Waals surface area contributed by atoms with Gasteiger partial charge in [0.25, 0.3) is 0 Å². The normalized spacial score (nSPS) is 20.2. The smallest absolute Gasteiger partial charge is 0.223 e. The van der Waals surface area contributed by atoms with Gasteiger partial charge in [-0.2, -0.15) is 0 Å². The molecule has 2 N–H and O–H groups in total. The summed E-state index contributed by atoms with van der Waals surface area (Å²) >= 11 is 0. The summed E-state index contributed by atoms with van der Waals surface area (Å²) in [6.45, 7) is 6.09. The van der Waals surface area contributed by atoms with E-state index in [1.165, 1.54) is 37.1 Å². The molecule has 1 aromatic rings. The van der Waals surface area contributed by atoms with Gasteiger partial charge in [-0.3, -0.25) is 9.69 Å². The molecule has 0 unspecified atom stereocenters. The van der Waals surface area contributed by atoms with Crippen molar-refractivity contribution in [1.29, 1.82) is 0 Å². The first kappa shape index (κ1) is 15.5. The molecular weight excluding hydrogens is 274 g/mol. The standard InChI is InChI=1S/C18H27N3O/c22-18(17-7-9-19-10-8-17)20-13-15-3-5-16(6-4-15)14-21-11-1-2-12-21/h3-6,17,19H,1-2,7-14H2,(H,20,22). The first-order valence-corrected chi connectivity index (χ1v) is 8.60. The summed E-state index contributed by atoms with van der Waals surface area (Å²) in [5, 5.41) is 6.38. The number of likely N-dealkylation sites (tertiary alicyclic amines) is 1. The Bertz CT molecular complexity index is 474. The van der Waals surface area contributed by atoms with Crippen molar-refractivity contribution in [2.45, 2.75) is 38.8 Å². The van der Waals surface area contributed by atoms with Gasteiger partial charge >= 0.3 is 0 Å². The van der Waals surface area contributed by atoms with E-state index >= 15 is 0 Å². The number of nitrogens with one attached hydrogen (secondary N) is 2. The molecule has 4 nitrogen and oxygen atoms in total. The van der Waals surface area contributed by atoms with Crippen LogP contribution in [0.2, 0.25) is 0 Å². The largest absolute Gasteiger partial charge is 0.352 e. The highest BCUT2D eigenvalue weighted by atomic mass is 16.1. The molecule has 1 aromatic carbocycles. The lowest BCUT2D eigenvalue weighted by molar-refractivity contribution is -0.125. The van der Waals surface area contributed by atoms with Gasteiger partial charge in [-0.1, -0.05) is 24.3 Å². The minimum absolute atomic E-state index is 0.190. The predicted molar refractivity (Wildman–Crippen MR) is 88.4 cm³/mol. The molecule has 2 heterocycles. The van der Waals surface area contributed by atoms with Gasteiger partial charge in [-0.05, 0) is 63.0 Å². The number of rotatable bonds is 5. The molecule has 0 spiro atoms. The van der Waals surface area contributed by atoms with Crippen molar-refractivity contribution in [1.82, 2.24) is 15.5 Å². The Morgan fingerprint density at radius 2 is 1.73 bits per heavy atom. The van der Waals surface area contributed by atoms with Crippen LogP contribution in [0.3, 0.4) is 0 Å². The Kier molecular flexibility index (Phi) is 5.46. The zero-order valence-corrected chi connectivity index (χ0v) is 13.3. The monoisotopic (exact) mass is 301 g/mol. The molecule has 0 aromatic heterocycles. The first-order valence-electron chi connectivity index (χ1n) is 8.60. The summed E-state index contributed by atoms with van der Waals surface area (Å²) in [7, 11) is 0. The Morgan fingerprint density at radius 1 is 1.09 bits per heavy atom. The SMILES string of the molecule is O=C(NCc1ccc(CN2CCCC2)cc1)C1CCNCC1. The van der Waals surface area contributed by atoms with Crippen LogP contribution < -0.4 is 10.6 Å². The van der Waals surface area contributed by atoms with Crippen molar-refractivity contribution >= 4 is 5.91 Å². The molecule has 0 radical (unpaired) electrons. The Morgan fingerprint density at radius 3 is 2.41 bits per heavy atom. The highest BCUT2D eigenvalue weighted by Gasteiger charge is 2.20. The molecule has 2 aliphatic rings. The molecule has 2 saturated heterocycles. The summed E-state index contributed by atoms with van der Waals surface area (Å²) in [5.74, 6) is 0.401. The van der Waals surface area contributed by atoms with E-state index in [4.69, 9.17) is 0 Å². The maximum Gasteiger partial charge on any atom is 0.223 e. The third-order valence-corrected chi connectivity index (χ3v) is 4.80. The van der Waals surface area contributed by atoms with Crippen LogP contribution in [0, 0.1) is 5.92 Å². The number of hydrogen-bond donors (Lipinski definition) is 2. The Hall–Kier alpha value is -1.39. The number of nitrogens with zero attached hydrogens (tertiary/aromatic N) is 1. The van der Waals surface area contributed by atoms with Gasteiger partial charge in [0.1, 0.15) is 0 Å². The summed E-state index contributed by atoms with van der Waals surface area (Å²) in [6.07, 6.45) is 4.59. The Balaban J connectivity index is 1.45. The molecular formula is C18H27N3O. The molecule has 2 aliphatic heterocycles. The van der Waals surface area contributed by atoms with Gasteiger partial charge in [0.15, 0.2) is 0 Å². The highest BCUT2D eigenvalue weighted by molar-refractivity contribution is 5.78. The van der Waals surface area contributed by atoms with Crippen molar-refractivity contribution in [3.05, 3.63) is 35.4 Å². The first-order chi connectivity index (χ1) is 10.8. The van der Waals surface area contributed by atoms with Gasteiger partial charge < -0.3 is 10.6 Å². The molecule has 0 aliphatic carbocycles. The van der Waals surface area contributed by atoms with E-state index < -0.39 is 0 Å². The van der Waals surface area contributed by atoms with E-state index in [2.05, 4.69) is 39.8 Å². The number of amides is 1. The van der Waals surface area contributed by atoms with E-state index in [1.54, 1.807) is 0 Å². The molecule has 0 atom stereocenters. The van der Waals surface area contributed by atoms with Gasteiger partial charge in [0.05, 0.1) is 0 Å². The van der Waals surface area contributed by atoms with Crippen molar-refractivity contribution in [3.8, 4) is 0 Å². The average molecular weight is 301 g/mol. The second-order valence-corrected chi connectivity index (χ2v) is 6.54.